The molecule has 0 saturated heterocycles. The number of nitrogens with zero attached hydrogens (tertiary/aromatic N) is 1. The molecule has 0 bridgehead atoms. The van der Waals surface area contributed by atoms with E-state index in [1.165, 1.54) is 43.1 Å². The molecule has 0 atom stereocenters. The Morgan fingerprint density at radius 3 is 2.81 bits per heavy atom. The van der Waals surface area contributed by atoms with Crippen molar-refractivity contribution in [2.45, 2.75) is 39.0 Å². The Morgan fingerprint density at radius 2 is 1.94 bits per heavy atom. The first-order valence-electron chi connectivity index (χ1n) is 6.24. The summed E-state index contributed by atoms with van der Waals surface area (Å²) in [6.45, 7) is 2.25. The molecule has 2 aromatic rings. The summed E-state index contributed by atoms with van der Waals surface area (Å²) >= 11 is 0. The van der Waals surface area contributed by atoms with E-state index in [9.17, 15) is 0 Å². The highest BCUT2D eigenvalue weighted by molar-refractivity contribution is 5.81. The van der Waals surface area contributed by atoms with Gasteiger partial charge < -0.3 is 0 Å². The lowest BCUT2D eigenvalue weighted by Crippen LogP contribution is -1.89. The van der Waals surface area contributed by atoms with E-state index < -0.39 is 0 Å². The van der Waals surface area contributed by atoms with Crippen molar-refractivity contribution in [3.8, 4) is 0 Å². The lowest BCUT2D eigenvalue weighted by atomic mass is 10.0. The minimum atomic E-state index is 1.12. The second-order valence-corrected chi connectivity index (χ2v) is 4.30. The Hall–Kier alpha value is -1.37. The first-order chi connectivity index (χ1) is 7.92. The molecular formula is C15H19N. The molecule has 0 radical (unpaired) electrons. The van der Waals surface area contributed by atoms with E-state index in [4.69, 9.17) is 0 Å². The van der Waals surface area contributed by atoms with E-state index in [0.29, 0.717) is 0 Å². The summed E-state index contributed by atoms with van der Waals surface area (Å²) in [7, 11) is 0. The van der Waals surface area contributed by atoms with Crippen LogP contribution in [-0.2, 0) is 6.42 Å². The van der Waals surface area contributed by atoms with E-state index in [1.807, 2.05) is 12.3 Å². The maximum atomic E-state index is 4.39. The van der Waals surface area contributed by atoms with Crippen LogP contribution in [0, 0.1) is 0 Å². The molecule has 1 heterocycles. The Labute approximate surface area is 97.5 Å². The van der Waals surface area contributed by atoms with Gasteiger partial charge in [0.1, 0.15) is 0 Å². The number of hydrogen-bond donors (Lipinski definition) is 0. The van der Waals surface area contributed by atoms with Crippen LogP contribution in [0.25, 0.3) is 10.9 Å². The van der Waals surface area contributed by atoms with Gasteiger partial charge in [0.2, 0.25) is 0 Å². The second-order valence-electron chi connectivity index (χ2n) is 4.30. The van der Waals surface area contributed by atoms with Gasteiger partial charge in [-0.1, -0.05) is 44.4 Å². The summed E-state index contributed by atoms with van der Waals surface area (Å²) in [6.07, 6.45) is 8.33. The Balaban J connectivity index is 2.11. The van der Waals surface area contributed by atoms with Crippen molar-refractivity contribution < 1.29 is 0 Å². The zero-order valence-electron chi connectivity index (χ0n) is 9.95. The van der Waals surface area contributed by atoms with Crippen molar-refractivity contribution in [3.05, 3.63) is 42.1 Å². The van der Waals surface area contributed by atoms with Crippen molar-refractivity contribution in [1.29, 1.82) is 0 Å². The van der Waals surface area contributed by atoms with Crippen LogP contribution in [0.5, 0.6) is 0 Å². The average molecular weight is 213 g/mol. The van der Waals surface area contributed by atoms with Gasteiger partial charge in [-0.3, -0.25) is 4.98 Å². The van der Waals surface area contributed by atoms with Gasteiger partial charge in [0.15, 0.2) is 0 Å². The van der Waals surface area contributed by atoms with Gasteiger partial charge in [-0.25, -0.2) is 0 Å². The van der Waals surface area contributed by atoms with Crippen molar-refractivity contribution in [2.75, 3.05) is 0 Å². The van der Waals surface area contributed by atoms with Gasteiger partial charge in [0, 0.05) is 11.6 Å². The van der Waals surface area contributed by atoms with Gasteiger partial charge in [0.05, 0.1) is 5.52 Å². The average Bonchev–Trinajstić information content (AvgIpc) is 2.35. The van der Waals surface area contributed by atoms with E-state index in [1.54, 1.807) is 0 Å². The van der Waals surface area contributed by atoms with Crippen molar-refractivity contribution in [1.82, 2.24) is 4.98 Å². The number of hydrogen-bond acceptors (Lipinski definition) is 1. The molecule has 0 aliphatic carbocycles. The van der Waals surface area contributed by atoms with Crippen LogP contribution in [0.4, 0.5) is 0 Å². The fourth-order valence-electron chi connectivity index (χ4n) is 2.13. The summed E-state index contributed by atoms with van der Waals surface area (Å²) in [5, 5.41) is 1.32. The highest BCUT2D eigenvalue weighted by Gasteiger charge is 2.00. The number of fused-ring (bicyclic) bond motifs is 1. The molecule has 1 aromatic carbocycles. The van der Waals surface area contributed by atoms with Gasteiger partial charge in [-0.2, -0.15) is 0 Å². The Bertz CT molecular complexity index is 443. The van der Waals surface area contributed by atoms with Crippen LogP contribution < -0.4 is 0 Å². The first-order valence-corrected chi connectivity index (χ1v) is 6.24. The van der Waals surface area contributed by atoms with E-state index in [0.717, 1.165) is 5.52 Å². The van der Waals surface area contributed by atoms with E-state index >= 15 is 0 Å². The van der Waals surface area contributed by atoms with Crippen LogP contribution in [-0.4, -0.2) is 4.98 Å². The molecule has 16 heavy (non-hydrogen) atoms. The standard InChI is InChI=1S/C15H19N/c1-2-3-4-5-8-13-9-6-11-15-14(13)10-7-12-16-15/h6-7,9-12H,2-5,8H2,1H3. The third-order valence-electron chi connectivity index (χ3n) is 3.04. The number of rotatable bonds is 5. The maximum absolute atomic E-state index is 4.39. The summed E-state index contributed by atoms with van der Waals surface area (Å²) in [5.41, 5.74) is 2.57. The van der Waals surface area contributed by atoms with Gasteiger partial charge in [-0.15, -0.1) is 0 Å². The monoisotopic (exact) mass is 213 g/mol. The van der Waals surface area contributed by atoms with E-state index in [2.05, 4.69) is 36.2 Å². The molecule has 0 aliphatic rings. The predicted octanol–water partition coefficient (Wildman–Crippen LogP) is 4.36. The fourth-order valence-corrected chi connectivity index (χ4v) is 2.13. The van der Waals surface area contributed by atoms with Crippen molar-refractivity contribution in [2.24, 2.45) is 0 Å². The van der Waals surface area contributed by atoms with Crippen molar-refractivity contribution in [3.63, 3.8) is 0 Å². The summed E-state index contributed by atoms with van der Waals surface area (Å²) in [4.78, 5) is 4.39. The number of unbranched alkanes of at least 4 members (excludes halogenated alkanes) is 3. The molecule has 0 fully saturated rings. The Morgan fingerprint density at radius 1 is 1.00 bits per heavy atom. The molecule has 84 valence electrons. The van der Waals surface area contributed by atoms with Gasteiger partial charge in [-0.05, 0) is 30.5 Å². The number of pyridine rings is 1. The minimum absolute atomic E-state index is 1.12. The highest BCUT2D eigenvalue weighted by Crippen LogP contribution is 2.18. The second kappa shape index (κ2) is 5.64. The number of aromatic nitrogens is 1. The third-order valence-corrected chi connectivity index (χ3v) is 3.04. The van der Waals surface area contributed by atoms with Crippen LogP contribution >= 0.6 is 0 Å². The van der Waals surface area contributed by atoms with Crippen LogP contribution in [0.1, 0.15) is 38.2 Å². The Kier molecular flexibility index (Phi) is 3.92. The summed E-state index contributed by atoms with van der Waals surface area (Å²) in [6, 6.07) is 10.6. The molecule has 0 spiro atoms. The molecule has 0 aliphatic heterocycles. The molecule has 2 rings (SSSR count). The smallest absolute Gasteiger partial charge is 0.0704 e. The largest absolute Gasteiger partial charge is 0.256 e. The molecule has 0 amide bonds. The number of aryl methyl sites for hydroxylation is 1. The first kappa shape index (κ1) is 11.1. The van der Waals surface area contributed by atoms with Crippen LogP contribution in [0.15, 0.2) is 36.5 Å². The van der Waals surface area contributed by atoms with E-state index in [-0.39, 0.29) is 0 Å². The molecule has 1 nitrogen and oxygen atoms in total. The molecule has 1 heteroatoms. The topological polar surface area (TPSA) is 12.9 Å². The summed E-state index contributed by atoms with van der Waals surface area (Å²) in [5.74, 6) is 0. The minimum Gasteiger partial charge on any atom is -0.256 e. The normalized spacial score (nSPS) is 10.8. The molecular weight excluding hydrogens is 194 g/mol. The third kappa shape index (κ3) is 2.60. The van der Waals surface area contributed by atoms with Gasteiger partial charge >= 0.3 is 0 Å². The lowest BCUT2D eigenvalue weighted by molar-refractivity contribution is 0.668. The predicted molar refractivity (Wildman–Crippen MR) is 69.6 cm³/mol. The number of benzene rings is 1. The quantitative estimate of drug-likeness (QED) is 0.672. The molecule has 0 saturated carbocycles. The lowest BCUT2D eigenvalue weighted by Gasteiger charge is -2.05. The summed E-state index contributed by atoms with van der Waals surface area (Å²) < 4.78 is 0. The zero-order chi connectivity index (χ0) is 11.2. The van der Waals surface area contributed by atoms with Gasteiger partial charge in [0.25, 0.3) is 0 Å². The maximum Gasteiger partial charge on any atom is 0.0704 e. The highest BCUT2D eigenvalue weighted by atomic mass is 14.6. The van der Waals surface area contributed by atoms with Crippen LogP contribution in [0.3, 0.4) is 0 Å². The molecule has 0 unspecified atom stereocenters. The molecule has 1 aromatic heterocycles. The molecule has 0 N–H and O–H groups in total. The zero-order valence-corrected chi connectivity index (χ0v) is 9.95. The van der Waals surface area contributed by atoms with Crippen molar-refractivity contribution >= 4 is 10.9 Å². The SMILES string of the molecule is CCCCCCc1cccc2ncccc12. The van der Waals surface area contributed by atoms with Crippen LogP contribution in [0.2, 0.25) is 0 Å². The fraction of sp³-hybridized carbons (Fsp3) is 0.400.